The normalized spacial score (nSPS) is 19.5. The quantitative estimate of drug-likeness (QED) is 0.417. The van der Waals surface area contributed by atoms with Crippen LogP contribution >= 0.6 is 11.8 Å². The third-order valence-electron chi connectivity index (χ3n) is 7.35. The van der Waals surface area contributed by atoms with Crippen LogP contribution in [0.3, 0.4) is 0 Å². The van der Waals surface area contributed by atoms with E-state index in [1.54, 1.807) is 12.1 Å². The highest BCUT2D eigenvalue weighted by atomic mass is 32.2. The summed E-state index contributed by atoms with van der Waals surface area (Å²) in [6.45, 7) is 12.6. The number of amides is 1. The number of likely N-dealkylation sites (tertiary alicyclic amines) is 1. The molecule has 2 fully saturated rings. The number of carbonyl (C=O) groups is 1. The van der Waals surface area contributed by atoms with Crippen LogP contribution in [0.1, 0.15) is 45.6 Å². The van der Waals surface area contributed by atoms with Crippen molar-refractivity contribution in [3.8, 4) is 0 Å². The summed E-state index contributed by atoms with van der Waals surface area (Å²) in [6.07, 6.45) is 2.36. The minimum absolute atomic E-state index is 0.0991. The number of carbonyl (C=O) groups excluding carboxylic acids is 1. The Hall–Kier alpha value is -2.39. The Kier molecular flexibility index (Phi) is 9.19. The van der Waals surface area contributed by atoms with Crippen molar-refractivity contribution in [3.05, 3.63) is 54.1 Å². The van der Waals surface area contributed by atoms with E-state index in [0.717, 1.165) is 57.8 Å². The average molecular weight is 549 g/mol. The molecule has 0 saturated carbocycles. The van der Waals surface area contributed by atoms with Crippen LogP contribution in [-0.2, 0) is 10.2 Å². The van der Waals surface area contributed by atoms with E-state index in [4.69, 9.17) is 0 Å². The fourth-order valence-corrected chi connectivity index (χ4v) is 5.66. The maximum absolute atomic E-state index is 13.0. The number of benzene rings is 2. The van der Waals surface area contributed by atoms with E-state index in [9.17, 15) is 18.0 Å². The summed E-state index contributed by atoms with van der Waals surface area (Å²) >= 11 is -0.110. The zero-order valence-electron chi connectivity index (χ0n) is 22.6. The van der Waals surface area contributed by atoms with Gasteiger partial charge >= 0.3 is 5.51 Å². The van der Waals surface area contributed by atoms with Crippen LogP contribution < -0.4 is 10.2 Å². The summed E-state index contributed by atoms with van der Waals surface area (Å²) in [5.41, 5.74) is -0.758. The van der Waals surface area contributed by atoms with Gasteiger partial charge in [0.05, 0.1) is 0 Å². The second-order valence-corrected chi connectivity index (χ2v) is 12.4. The largest absolute Gasteiger partial charge is 0.446 e. The van der Waals surface area contributed by atoms with Crippen molar-refractivity contribution in [2.24, 2.45) is 0 Å². The lowest BCUT2D eigenvalue weighted by molar-refractivity contribution is -0.132. The van der Waals surface area contributed by atoms with Crippen LogP contribution in [-0.4, -0.2) is 73.1 Å². The Bertz CT molecular complexity index is 1050. The van der Waals surface area contributed by atoms with Gasteiger partial charge in [-0.3, -0.25) is 9.69 Å². The first-order valence-corrected chi connectivity index (χ1v) is 14.3. The molecule has 2 aliphatic heterocycles. The van der Waals surface area contributed by atoms with Gasteiger partial charge in [0.1, 0.15) is 0 Å². The molecule has 2 saturated heterocycles. The van der Waals surface area contributed by atoms with E-state index in [0.29, 0.717) is 13.0 Å². The van der Waals surface area contributed by atoms with Gasteiger partial charge in [-0.1, -0.05) is 32.9 Å². The fourth-order valence-electron chi connectivity index (χ4n) is 5.12. The Balaban J connectivity index is 1.19. The third kappa shape index (κ3) is 8.30. The lowest BCUT2D eigenvalue weighted by atomic mass is 9.87. The lowest BCUT2D eigenvalue weighted by Gasteiger charge is -2.37. The number of halogens is 3. The van der Waals surface area contributed by atoms with Crippen molar-refractivity contribution in [2.45, 2.75) is 61.9 Å². The number of hydrogen-bond donors (Lipinski definition) is 1. The molecule has 2 aromatic rings. The molecule has 0 unspecified atom stereocenters. The molecule has 5 nitrogen and oxygen atoms in total. The van der Waals surface area contributed by atoms with Gasteiger partial charge in [-0.2, -0.15) is 13.2 Å². The number of anilines is 2. The highest BCUT2D eigenvalue weighted by Crippen LogP contribution is 2.37. The molecule has 2 heterocycles. The molecule has 2 aliphatic rings. The van der Waals surface area contributed by atoms with Crippen LogP contribution in [0, 0.1) is 0 Å². The maximum atomic E-state index is 13.0. The smallest absolute Gasteiger partial charge is 0.381 e. The van der Waals surface area contributed by atoms with Crippen LogP contribution in [0.5, 0.6) is 0 Å². The number of piperidine rings is 1. The van der Waals surface area contributed by atoms with Gasteiger partial charge in [0.2, 0.25) is 5.91 Å². The minimum atomic E-state index is -4.29. The highest BCUT2D eigenvalue weighted by molar-refractivity contribution is 8.00. The first-order chi connectivity index (χ1) is 18.0. The SMILES string of the molecule is CC(C)(C)c1ccc(N2CCN(CCC(=O)N3CCC[C@H](Nc4ccc(SC(F)(F)F)cc4)C3)CC2)cc1. The van der Waals surface area contributed by atoms with Gasteiger partial charge in [-0.15, -0.1) is 0 Å². The number of nitrogens with zero attached hydrogens (tertiary/aromatic N) is 3. The molecule has 208 valence electrons. The molecular formula is C29H39F3N4OS. The van der Waals surface area contributed by atoms with E-state index >= 15 is 0 Å². The number of thioether (sulfide) groups is 1. The Morgan fingerprint density at radius 2 is 1.61 bits per heavy atom. The van der Waals surface area contributed by atoms with Crippen molar-refractivity contribution in [1.82, 2.24) is 9.80 Å². The van der Waals surface area contributed by atoms with E-state index < -0.39 is 5.51 Å². The van der Waals surface area contributed by atoms with Crippen LogP contribution in [0.4, 0.5) is 24.5 Å². The number of rotatable bonds is 7. The summed E-state index contributed by atoms with van der Waals surface area (Å²) in [4.78, 5) is 19.9. The van der Waals surface area contributed by atoms with Crippen LogP contribution in [0.2, 0.25) is 0 Å². The van der Waals surface area contributed by atoms with E-state index in [1.165, 1.54) is 23.4 Å². The predicted octanol–water partition coefficient (Wildman–Crippen LogP) is 6.21. The van der Waals surface area contributed by atoms with E-state index in [1.807, 2.05) is 4.90 Å². The van der Waals surface area contributed by atoms with Gasteiger partial charge in [0, 0.05) is 74.5 Å². The van der Waals surface area contributed by atoms with Crippen LogP contribution in [0.25, 0.3) is 0 Å². The molecule has 38 heavy (non-hydrogen) atoms. The summed E-state index contributed by atoms with van der Waals surface area (Å²) in [6, 6.07) is 15.3. The second kappa shape index (κ2) is 12.2. The fraction of sp³-hybridized carbons (Fsp3) is 0.552. The lowest BCUT2D eigenvalue weighted by Crippen LogP contribution is -2.49. The predicted molar refractivity (Wildman–Crippen MR) is 150 cm³/mol. The number of piperazine rings is 1. The molecular weight excluding hydrogens is 509 g/mol. The van der Waals surface area contributed by atoms with Gasteiger partial charge in [0.25, 0.3) is 0 Å². The number of alkyl halides is 3. The van der Waals surface area contributed by atoms with Crippen molar-refractivity contribution in [1.29, 1.82) is 0 Å². The molecule has 1 atom stereocenters. The van der Waals surface area contributed by atoms with Crippen molar-refractivity contribution < 1.29 is 18.0 Å². The Morgan fingerprint density at radius 1 is 0.947 bits per heavy atom. The first-order valence-electron chi connectivity index (χ1n) is 13.4. The van der Waals surface area contributed by atoms with E-state index in [2.05, 4.69) is 60.2 Å². The molecule has 1 amide bonds. The highest BCUT2D eigenvalue weighted by Gasteiger charge is 2.29. The van der Waals surface area contributed by atoms with Crippen LogP contribution in [0.15, 0.2) is 53.4 Å². The summed E-state index contributed by atoms with van der Waals surface area (Å²) in [7, 11) is 0. The standard InChI is InChI=1S/C29H39F3N4OS/c1-28(2,3)22-6-10-25(11-7-22)35-19-17-34(18-20-35)16-14-27(37)36-15-4-5-24(21-36)33-23-8-12-26(13-9-23)38-29(30,31)32/h6-13,24,33H,4-5,14-21H2,1-3H3/t24-/m0/s1. The molecule has 0 spiro atoms. The van der Waals surface area contributed by atoms with Gasteiger partial charge in [-0.25, -0.2) is 0 Å². The summed E-state index contributed by atoms with van der Waals surface area (Å²) in [5, 5.41) is 3.39. The molecule has 9 heteroatoms. The molecule has 0 aromatic heterocycles. The molecule has 2 aromatic carbocycles. The minimum Gasteiger partial charge on any atom is -0.381 e. The van der Waals surface area contributed by atoms with Gasteiger partial charge < -0.3 is 15.1 Å². The Labute approximate surface area is 228 Å². The van der Waals surface area contributed by atoms with Gasteiger partial charge in [0.15, 0.2) is 0 Å². The number of hydrogen-bond acceptors (Lipinski definition) is 5. The first kappa shape index (κ1) is 28.6. The Morgan fingerprint density at radius 3 is 2.21 bits per heavy atom. The van der Waals surface area contributed by atoms with Crippen molar-refractivity contribution in [2.75, 3.05) is 56.0 Å². The van der Waals surface area contributed by atoms with Gasteiger partial charge in [-0.05, 0) is 72.0 Å². The topological polar surface area (TPSA) is 38.8 Å². The molecule has 0 aliphatic carbocycles. The van der Waals surface area contributed by atoms with Crippen molar-refractivity contribution in [3.63, 3.8) is 0 Å². The molecule has 0 bridgehead atoms. The molecule has 1 N–H and O–H groups in total. The summed E-state index contributed by atoms with van der Waals surface area (Å²) in [5.74, 6) is 0.175. The zero-order valence-corrected chi connectivity index (χ0v) is 23.4. The zero-order chi connectivity index (χ0) is 27.3. The maximum Gasteiger partial charge on any atom is 0.446 e. The number of nitrogens with one attached hydrogen (secondary N) is 1. The monoisotopic (exact) mass is 548 g/mol. The van der Waals surface area contributed by atoms with E-state index in [-0.39, 0.29) is 34.0 Å². The second-order valence-electron chi connectivity index (χ2n) is 11.3. The third-order valence-corrected chi connectivity index (χ3v) is 8.08. The average Bonchev–Trinajstić information content (AvgIpc) is 2.88. The molecule has 4 rings (SSSR count). The molecule has 0 radical (unpaired) electrons. The van der Waals surface area contributed by atoms with Crippen molar-refractivity contribution >= 4 is 29.0 Å². The summed E-state index contributed by atoms with van der Waals surface area (Å²) < 4.78 is 37.7.